The summed E-state index contributed by atoms with van der Waals surface area (Å²) < 4.78 is 13.4. The van der Waals surface area contributed by atoms with E-state index < -0.39 is 0 Å². The van der Waals surface area contributed by atoms with Crippen LogP contribution in [-0.4, -0.2) is 65.9 Å². The zero-order valence-electron chi connectivity index (χ0n) is 16.7. The number of hydrogen-bond donors (Lipinski definition) is 0. The fourth-order valence-electron chi connectivity index (χ4n) is 4.79. The second-order valence-electron chi connectivity index (χ2n) is 8.96. The first kappa shape index (κ1) is 18.9. The van der Waals surface area contributed by atoms with Crippen molar-refractivity contribution in [2.45, 2.75) is 51.1 Å². The second-order valence-corrected chi connectivity index (χ2v) is 8.96. The van der Waals surface area contributed by atoms with Crippen LogP contribution in [0.3, 0.4) is 0 Å². The van der Waals surface area contributed by atoms with E-state index in [2.05, 4.69) is 21.7 Å². The van der Waals surface area contributed by atoms with Gasteiger partial charge < -0.3 is 4.90 Å². The number of aryl methyl sites for hydroxylation is 1. The molecule has 1 aromatic rings. The Morgan fingerprint density at radius 2 is 2.00 bits per heavy atom. The topological polar surface area (TPSA) is 26.8 Å². The smallest absolute Gasteiger partial charge is 0.222 e. The molecule has 4 rings (SSSR count). The van der Waals surface area contributed by atoms with Gasteiger partial charge in [-0.05, 0) is 68.8 Å². The molecule has 1 aromatic carbocycles. The lowest BCUT2D eigenvalue weighted by Crippen LogP contribution is -2.60. The van der Waals surface area contributed by atoms with Crippen LogP contribution in [0.5, 0.6) is 0 Å². The minimum Gasteiger partial charge on any atom is -0.342 e. The molecule has 2 saturated heterocycles. The molecule has 0 unspecified atom stereocenters. The predicted octanol–water partition coefficient (Wildman–Crippen LogP) is 3.04. The minimum absolute atomic E-state index is 0.0835. The Kier molecular flexibility index (Phi) is 5.26. The van der Waals surface area contributed by atoms with Gasteiger partial charge in [0, 0.05) is 51.2 Å². The van der Waals surface area contributed by atoms with Crippen LogP contribution in [0, 0.1) is 18.7 Å². The molecule has 0 radical (unpaired) electrons. The van der Waals surface area contributed by atoms with Gasteiger partial charge in [-0.15, -0.1) is 0 Å². The van der Waals surface area contributed by atoms with Crippen LogP contribution < -0.4 is 0 Å². The summed E-state index contributed by atoms with van der Waals surface area (Å²) in [5.74, 6) is 0.938. The molecule has 0 aromatic heterocycles. The molecule has 3 fully saturated rings. The molecule has 1 atom stereocenters. The number of carbonyl (C=O) groups excluding carboxylic acids is 1. The van der Waals surface area contributed by atoms with E-state index in [-0.39, 0.29) is 11.4 Å². The van der Waals surface area contributed by atoms with Gasteiger partial charge in [0.1, 0.15) is 5.82 Å². The summed E-state index contributed by atoms with van der Waals surface area (Å²) in [7, 11) is 2.22. The van der Waals surface area contributed by atoms with Crippen molar-refractivity contribution in [3.63, 3.8) is 0 Å². The van der Waals surface area contributed by atoms with E-state index in [4.69, 9.17) is 0 Å². The van der Waals surface area contributed by atoms with Crippen molar-refractivity contribution in [2.75, 3.05) is 39.8 Å². The summed E-state index contributed by atoms with van der Waals surface area (Å²) >= 11 is 0. The Bertz CT molecular complexity index is 705. The summed E-state index contributed by atoms with van der Waals surface area (Å²) in [6, 6.07) is 5.11. The quantitative estimate of drug-likeness (QED) is 0.812. The van der Waals surface area contributed by atoms with Gasteiger partial charge in [-0.2, -0.15) is 0 Å². The van der Waals surface area contributed by atoms with E-state index in [0.29, 0.717) is 12.3 Å². The van der Waals surface area contributed by atoms with Crippen molar-refractivity contribution in [2.24, 2.45) is 5.92 Å². The number of likely N-dealkylation sites (tertiary alicyclic amines) is 1. The maximum Gasteiger partial charge on any atom is 0.222 e. The number of piperazine rings is 1. The molecule has 2 heterocycles. The fraction of sp³-hybridized carbons (Fsp3) is 0.682. The highest BCUT2D eigenvalue weighted by molar-refractivity contribution is 5.76. The Morgan fingerprint density at radius 1 is 1.19 bits per heavy atom. The van der Waals surface area contributed by atoms with Crippen LogP contribution in [0.15, 0.2) is 18.2 Å². The second kappa shape index (κ2) is 7.51. The van der Waals surface area contributed by atoms with Gasteiger partial charge in [0.25, 0.3) is 0 Å². The first-order valence-electron chi connectivity index (χ1n) is 10.4. The SMILES string of the molecule is Cc1cc(F)ccc1CN1CCN(C)[C@]2(CCC(=O)N(CC3CC3)CC2)C1. The number of amides is 1. The van der Waals surface area contributed by atoms with Crippen molar-refractivity contribution in [1.29, 1.82) is 0 Å². The Morgan fingerprint density at radius 3 is 2.74 bits per heavy atom. The molecular weight excluding hydrogens is 341 g/mol. The lowest BCUT2D eigenvalue weighted by atomic mass is 9.86. The molecule has 1 aliphatic carbocycles. The molecule has 1 spiro atoms. The molecule has 4 nitrogen and oxygen atoms in total. The van der Waals surface area contributed by atoms with Crippen LogP contribution in [0.4, 0.5) is 4.39 Å². The number of benzene rings is 1. The highest BCUT2D eigenvalue weighted by Crippen LogP contribution is 2.35. The average molecular weight is 374 g/mol. The van der Waals surface area contributed by atoms with Crippen LogP contribution in [0.25, 0.3) is 0 Å². The largest absolute Gasteiger partial charge is 0.342 e. The Balaban J connectivity index is 1.45. The van der Waals surface area contributed by atoms with E-state index in [1.165, 1.54) is 18.4 Å². The Labute approximate surface area is 162 Å². The van der Waals surface area contributed by atoms with E-state index in [0.717, 1.165) is 63.6 Å². The highest BCUT2D eigenvalue weighted by Gasteiger charge is 2.42. The van der Waals surface area contributed by atoms with Crippen molar-refractivity contribution in [3.05, 3.63) is 35.1 Å². The summed E-state index contributed by atoms with van der Waals surface area (Å²) in [6.45, 7) is 7.75. The number of hydrogen-bond acceptors (Lipinski definition) is 3. The van der Waals surface area contributed by atoms with Gasteiger partial charge in [-0.25, -0.2) is 4.39 Å². The third-order valence-corrected chi connectivity index (χ3v) is 6.96. The van der Waals surface area contributed by atoms with Crippen molar-refractivity contribution >= 4 is 5.91 Å². The highest BCUT2D eigenvalue weighted by atomic mass is 19.1. The fourth-order valence-corrected chi connectivity index (χ4v) is 4.79. The molecule has 5 heteroatoms. The zero-order valence-corrected chi connectivity index (χ0v) is 16.7. The first-order valence-corrected chi connectivity index (χ1v) is 10.4. The summed E-state index contributed by atoms with van der Waals surface area (Å²) in [5.41, 5.74) is 2.31. The standard InChI is InChI=1S/C22H32FN3O/c1-17-13-20(23)6-5-19(17)15-25-12-11-24(2)22(16-25)8-7-21(27)26(10-9-22)14-18-3-4-18/h5-6,13,18H,3-4,7-12,14-16H2,1-2H3/t22-/m0/s1. The maximum atomic E-state index is 13.4. The molecule has 1 saturated carbocycles. The molecule has 2 aliphatic heterocycles. The van der Waals surface area contributed by atoms with Gasteiger partial charge in [0.15, 0.2) is 0 Å². The third kappa shape index (κ3) is 4.19. The van der Waals surface area contributed by atoms with E-state index in [9.17, 15) is 9.18 Å². The van der Waals surface area contributed by atoms with Crippen molar-refractivity contribution in [1.82, 2.24) is 14.7 Å². The Hall–Kier alpha value is -1.46. The van der Waals surface area contributed by atoms with E-state index >= 15 is 0 Å². The maximum absolute atomic E-state index is 13.4. The van der Waals surface area contributed by atoms with Gasteiger partial charge in [0.05, 0.1) is 0 Å². The van der Waals surface area contributed by atoms with Crippen LogP contribution in [0.2, 0.25) is 0 Å². The average Bonchev–Trinajstić information content (AvgIpc) is 3.46. The summed E-state index contributed by atoms with van der Waals surface area (Å²) in [5, 5.41) is 0. The number of carbonyl (C=O) groups is 1. The number of rotatable bonds is 4. The molecule has 148 valence electrons. The molecule has 1 amide bonds. The van der Waals surface area contributed by atoms with Crippen molar-refractivity contribution < 1.29 is 9.18 Å². The zero-order chi connectivity index (χ0) is 19.0. The van der Waals surface area contributed by atoms with Crippen molar-refractivity contribution in [3.8, 4) is 0 Å². The number of likely N-dealkylation sites (N-methyl/N-ethyl adjacent to an activating group) is 1. The lowest BCUT2D eigenvalue weighted by Gasteiger charge is -2.49. The van der Waals surface area contributed by atoms with Gasteiger partial charge in [0.2, 0.25) is 5.91 Å². The third-order valence-electron chi connectivity index (χ3n) is 6.96. The lowest BCUT2D eigenvalue weighted by molar-refractivity contribution is -0.131. The van der Waals surface area contributed by atoms with Gasteiger partial charge in [-0.3, -0.25) is 14.6 Å². The minimum atomic E-state index is -0.163. The molecule has 0 N–H and O–H groups in total. The van der Waals surface area contributed by atoms with E-state index in [1.54, 1.807) is 12.1 Å². The van der Waals surface area contributed by atoms with Crippen LogP contribution in [0.1, 0.15) is 43.2 Å². The van der Waals surface area contributed by atoms with Crippen LogP contribution >= 0.6 is 0 Å². The summed E-state index contributed by atoms with van der Waals surface area (Å²) in [6.07, 6.45) is 5.25. The first-order chi connectivity index (χ1) is 12.9. The van der Waals surface area contributed by atoms with Gasteiger partial charge >= 0.3 is 0 Å². The summed E-state index contributed by atoms with van der Waals surface area (Å²) in [4.78, 5) is 19.7. The molecule has 27 heavy (non-hydrogen) atoms. The molecule has 3 aliphatic rings. The molecule has 0 bridgehead atoms. The number of halogens is 1. The predicted molar refractivity (Wildman–Crippen MR) is 105 cm³/mol. The number of nitrogens with zero attached hydrogens (tertiary/aromatic N) is 3. The van der Waals surface area contributed by atoms with E-state index in [1.807, 2.05) is 13.0 Å². The molecular formula is C22H32FN3O. The normalized spacial score (nSPS) is 28.0. The van der Waals surface area contributed by atoms with Gasteiger partial charge in [-0.1, -0.05) is 6.07 Å². The van der Waals surface area contributed by atoms with Crippen LogP contribution in [-0.2, 0) is 11.3 Å². The monoisotopic (exact) mass is 373 g/mol.